The van der Waals surface area contributed by atoms with Crippen molar-refractivity contribution >= 4 is 32.5 Å². The Hall–Kier alpha value is -2.00. The Morgan fingerprint density at radius 2 is 1.52 bits per heavy atom. The molecule has 0 bridgehead atoms. The standard InChI is InChI=1S/C18H12BrFO/c1-11-2-3-15(10-17(11)20)18(21)14-5-4-13-9-16(19)7-6-12(13)8-14/h2-10H,1H3. The summed E-state index contributed by atoms with van der Waals surface area (Å²) >= 11 is 3.42. The van der Waals surface area contributed by atoms with Gasteiger partial charge in [0.2, 0.25) is 0 Å². The van der Waals surface area contributed by atoms with Gasteiger partial charge in [-0.1, -0.05) is 46.3 Å². The summed E-state index contributed by atoms with van der Waals surface area (Å²) in [6.45, 7) is 1.68. The maximum Gasteiger partial charge on any atom is 0.193 e. The van der Waals surface area contributed by atoms with Crippen LogP contribution in [-0.4, -0.2) is 5.78 Å². The quantitative estimate of drug-likeness (QED) is 0.579. The zero-order valence-corrected chi connectivity index (χ0v) is 12.9. The minimum absolute atomic E-state index is 0.168. The molecule has 0 aromatic heterocycles. The molecule has 0 atom stereocenters. The lowest BCUT2D eigenvalue weighted by Gasteiger charge is -2.05. The second-order valence-corrected chi connectivity index (χ2v) is 5.92. The molecule has 3 rings (SSSR count). The fraction of sp³-hybridized carbons (Fsp3) is 0.0556. The number of rotatable bonds is 2. The third-order valence-electron chi connectivity index (χ3n) is 3.50. The van der Waals surface area contributed by atoms with E-state index in [1.165, 1.54) is 6.07 Å². The molecule has 3 aromatic rings. The smallest absolute Gasteiger partial charge is 0.193 e. The molecule has 0 heterocycles. The van der Waals surface area contributed by atoms with Crippen LogP contribution in [0, 0.1) is 12.7 Å². The van der Waals surface area contributed by atoms with Gasteiger partial charge in [0.05, 0.1) is 0 Å². The van der Waals surface area contributed by atoms with Crippen molar-refractivity contribution in [3.63, 3.8) is 0 Å². The SMILES string of the molecule is Cc1ccc(C(=O)c2ccc3cc(Br)ccc3c2)cc1F. The Labute approximate surface area is 130 Å². The van der Waals surface area contributed by atoms with E-state index in [1.54, 1.807) is 25.1 Å². The molecule has 0 spiro atoms. The van der Waals surface area contributed by atoms with Gasteiger partial charge in [0.1, 0.15) is 5.82 Å². The molecule has 0 saturated heterocycles. The highest BCUT2D eigenvalue weighted by Crippen LogP contribution is 2.22. The van der Waals surface area contributed by atoms with Gasteiger partial charge in [-0.05, 0) is 47.5 Å². The van der Waals surface area contributed by atoms with E-state index in [9.17, 15) is 9.18 Å². The molecular formula is C18H12BrFO. The fourth-order valence-electron chi connectivity index (χ4n) is 2.26. The molecule has 0 unspecified atom stereocenters. The number of halogens is 2. The third kappa shape index (κ3) is 2.74. The molecule has 1 nitrogen and oxygen atoms in total. The second kappa shape index (κ2) is 5.41. The van der Waals surface area contributed by atoms with Gasteiger partial charge in [0, 0.05) is 15.6 Å². The molecule has 0 radical (unpaired) electrons. The van der Waals surface area contributed by atoms with E-state index in [0.29, 0.717) is 16.7 Å². The first-order valence-corrected chi connectivity index (χ1v) is 7.34. The Bertz CT molecular complexity index is 855. The largest absolute Gasteiger partial charge is 0.289 e. The van der Waals surface area contributed by atoms with Crippen LogP contribution in [0.2, 0.25) is 0 Å². The van der Waals surface area contributed by atoms with Gasteiger partial charge in [-0.15, -0.1) is 0 Å². The van der Waals surface area contributed by atoms with Crippen molar-refractivity contribution in [2.45, 2.75) is 6.92 Å². The molecule has 3 aromatic carbocycles. The molecule has 0 aliphatic rings. The predicted molar refractivity (Wildman–Crippen MR) is 86.2 cm³/mol. The molecule has 0 saturated carbocycles. The molecule has 0 amide bonds. The highest BCUT2D eigenvalue weighted by molar-refractivity contribution is 9.10. The molecule has 3 heteroatoms. The van der Waals surface area contributed by atoms with Gasteiger partial charge in [0.25, 0.3) is 0 Å². The average molecular weight is 343 g/mol. The van der Waals surface area contributed by atoms with E-state index >= 15 is 0 Å². The van der Waals surface area contributed by atoms with Gasteiger partial charge in [0.15, 0.2) is 5.78 Å². The van der Waals surface area contributed by atoms with Crippen molar-refractivity contribution in [3.05, 3.63) is 81.6 Å². The van der Waals surface area contributed by atoms with Gasteiger partial charge in [-0.2, -0.15) is 0 Å². The Morgan fingerprint density at radius 3 is 2.29 bits per heavy atom. The summed E-state index contributed by atoms with van der Waals surface area (Å²) in [5.41, 5.74) is 1.47. The number of hydrogen-bond donors (Lipinski definition) is 0. The molecule has 0 aliphatic heterocycles. The monoisotopic (exact) mass is 342 g/mol. The lowest BCUT2D eigenvalue weighted by molar-refractivity contribution is 0.103. The van der Waals surface area contributed by atoms with E-state index < -0.39 is 0 Å². The molecular weight excluding hydrogens is 331 g/mol. The van der Waals surface area contributed by atoms with Crippen molar-refractivity contribution in [2.24, 2.45) is 0 Å². The number of carbonyl (C=O) groups excluding carboxylic acids is 1. The maximum atomic E-state index is 13.6. The number of ketones is 1. The van der Waals surface area contributed by atoms with E-state index in [0.717, 1.165) is 15.2 Å². The van der Waals surface area contributed by atoms with E-state index in [4.69, 9.17) is 0 Å². The number of aryl methyl sites for hydroxylation is 1. The highest BCUT2D eigenvalue weighted by atomic mass is 79.9. The minimum atomic E-state index is -0.356. The molecule has 104 valence electrons. The van der Waals surface area contributed by atoms with Crippen LogP contribution in [0.5, 0.6) is 0 Å². The Kier molecular flexibility index (Phi) is 3.60. The van der Waals surface area contributed by atoms with Crippen LogP contribution in [0.1, 0.15) is 21.5 Å². The summed E-state index contributed by atoms with van der Waals surface area (Å²) in [6, 6.07) is 16.0. The van der Waals surface area contributed by atoms with Crippen LogP contribution in [0.15, 0.2) is 59.1 Å². The first-order chi connectivity index (χ1) is 10.0. The summed E-state index contributed by atoms with van der Waals surface area (Å²) in [6.07, 6.45) is 0. The fourth-order valence-corrected chi connectivity index (χ4v) is 2.64. The average Bonchev–Trinajstić information content (AvgIpc) is 2.49. The van der Waals surface area contributed by atoms with E-state index in [-0.39, 0.29) is 11.6 Å². The summed E-state index contributed by atoms with van der Waals surface area (Å²) in [5.74, 6) is -0.524. The number of fused-ring (bicyclic) bond motifs is 1. The molecule has 0 N–H and O–H groups in total. The summed E-state index contributed by atoms with van der Waals surface area (Å²) < 4.78 is 14.6. The van der Waals surface area contributed by atoms with Crippen molar-refractivity contribution in [1.29, 1.82) is 0 Å². The zero-order valence-electron chi connectivity index (χ0n) is 11.4. The molecule has 0 aliphatic carbocycles. The summed E-state index contributed by atoms with van der Waals surface area (Å²) in [7, 11) is 0. The van der Waals surface area contributed by atoms with E-state index in [2.05, 4.69) is 15.9 Å². The van der Waals surface area contributed by atoms with Gasteiger partial charge >= 0.3 is 0 Å². The first-order valence-electron chi connectivity index (χ1n) is 6.55. The van der Waals surface area contributed by atoms with Crippen molar-refractivity contribution < 1.29 is 9.18 Å². The van der Waals surface area contributed by atoms with Crippen molar-refractivity contribution in [2.75, 3.05) is 0 Å². The Morgan fingerprint density at radius 1 is 0.905 bits per heavy atom. The van der Waals surface area contributed by atoms with Crippen LogP contribution in [0.4, 0.5) is 4.39 Å². The van der Waals surface area contributed by atoms with Gasteiger partial charge in [-0.3, -0.25) is 4.79 Å². The molecule has 0 fully saturated rings. The van der Waals surface area contributed by atoms with Crippen LogP contribution in [0.3, 0.4) is 0 Å². The lowest BCUT2D eigenvalue weighted by atomic mass is 9.99. The maximum absolute atomic E-state index is 13.6. The topological polar surface area (TPSA) is 17.1 Å². The van der Waals surface area contributed by atoms with E-state index in [1.807, 2.05) is 30.3 Å². The van der Waals surface area contributed by atoms with Crippen LogP contribution < -0.4 is 0 Å². The molecule has 21 heavy (non-hydrogen) atoms. The predicted octanol–water partition coefficient (Wildman–Crippen LogP) is 5.28. The Balaban J connectivity index is 2.04. The number of hydrogen-bond acceptors (Lipinski definition) is 1. The normalized spacial score (nSPS) is 10.8. The highest BCUT2D eigenvalue weighted by Gasteiger charge is 2.11. The zero-order chi connectivity index (χ0) is 15.0. The second-order valence-electron chi connectivity index (χ2n) is 5.00. The lowest BCUT2D eigenvalue weighted by Crippen LogP contribution is -2.02. The summed E-state index contributed by atoms with van der Waals surface area (Å²) in [5, 5.41) is 2.03. The minimum Gasteiger partial charge on any atom is -0.289 e. The number of carbonyl (C=O) groups is 1. The first kappa shape index (κ1) is 14.0. The third-order valence-corrected chi connectivity index (χ3v) is 3.99. The van der Waals surface area contributed by atoms with Crippen molar-refractivity contribution in [1.82, 2.24) is 0 Å². The summed E-state index contributed by atoms with van der Waals surface area (Å²) in [4.78, 5) is 12.4. The number of benzene rings is 3. The van der Waals surface area contributed by atoms with Gasteiger partial charge in [-0.25, -0.2) is 4.39 Å². The van der Waals surface area contributed by atoms with Crippen LogP contribution in [-0.2, 0) is 0 Å². The van der Waals surface area contributed by atoms with Crippen molar-refractivity contribution in [3.8, 4) is 0 Å². The van der Waals surface area contributed by atoms with Gasteiger partial charge < -0.3 is 0 Å². The van der Waals surface area contributed by atoms with Crippen LogP contribution >= 0.6 is 15.9 Å². The van der Waals surface area contributed by atoms with Crippen LogP contribution in [0.25, 0.3) is 10.8 Å².